The molecule has 0 bridgehead atoms. The zero-order valence-electron chi connectivity index (χ0n) is 10.2. The van der Waals surface area contributed by atoms with E-state index in [4.69, 9.17) is 11.0 Å². The number of amides is 1. The number of rotatable bonds is 4. The molecule has 1 unspecified atom stereocenters. The van der Waals surface area contributed by atoms with Gasteiger partial charge in [-0.1, -0.05) is 13.0 Å². The second-order valence-corrected chi connectivity index (χ2v) is 3.99. The molecular formula is C13H17N3O. The molecule has 2 N–H and O–H groups in total. The van der Waals surface area contributed by atoms with Crippen molar-refractivity contribution in [2.24, 2.45) is 5.73 Å². The number of nitriles is 1. The van der Waals surface area contributed by atoms with E-state index >= 15 is 0 Å². The Hall–Kier alpha value is -1.86. The average molecular weight is 231 g/mol. The highest BCUT2D eigenvalue weighted by Crippen LogP contribution is 2.15. The molecule has 0 aliphatic rings. The lowest BCUT2D eigenvalue weighted by Gasteiger charge is -2.19. The molecule has 0 radical (unpaired) electrons. The highest BCUT2D eigenvalue weighted by atomic mass is 16.2. The molecule has 4 heteroatoms. The summed E-state index contributed by atoms with van der Waals surface area (Å²) >= 11 is 0. The number of benzene rings is 1. The summed E-state index contributed by atoms with van der Waals surface area (Å²) < 4.78 is 0. The van der Waals surface area contributed by atoms with Crippen LogP contribution in [0.1, 0.15) is 25.3 Å². The predicted molar refractivity (Wildman–Crippen MR) is 67.5 cm³/mol. The van der Waals surface area contributed by atoms with Gasteiger partial charge in [0.1, 0.15) is 0 Å². The lowest BCUT2D eigenvalue weighted by molar-refractivity contribution is -0.118. The quantitative estimate of drug-likeness (QED) is 0.856. The maximum atomic E-state index is 11.9. The predicted octanol–water partition coefficient (Wildman–Crippen LogP) is 1.65. The SMILES string of the molecule is CCC(N)CC(=O)N(C)c1cccc(C#N)c1. The Bertz CT molecular complexity index is 437. The fourth-order valence-corrected chi connectivity index (χ4v) is 1.43. The van der Waals surface area contributed by atoms with E-state index in [2.05, 4.69) is 6.07 Å². The third-order valence-electron chi connectivity index (χ3n) is 2.70. The van der Waals surface area contributed by atoms with Crippen molar-refractivity contribution in [3.63, 3.8) is 0 Å². The lowest BCUT2D eigenvalue weighted by Crippen LogP contribution is -2.32. The maximum absolute atomic E-state index is 11.9. The molecule has 1 aromatic rings. The van der Waals surface area contributed by atoms with Crippen molar-refractivity contribution in [3.8, 4) is 6.07 Å². The molecule has 0 saturated carbocycles. The van der Waals surface area contributed by atoms with Crippen molar-refractivity contribution >= 4 is 11.6 Å². The van der Waals surface area contributed by atoms with Crippen molar-refractivity contribution in [2.75, 3.05) is 11.9 Å². The minimum Gasteiger partial charge on any atom is -0.327 e. The average Bonchev–Trinajstić information content (AvgIpc) is 2.37. The lowest BCUT2D eigenvalue weighted by atomic mass is 10.1. The van der Waals surface area contributed by atoms with Gasteiger partial charge in [0.05, 0.1) is 11.6 Å². The number of anilines is 1. The van der Waals surface area contributed by atoms with E-state index in [1.54, 1.807) is 31.3 Å². The number of carbonyl (C=O) groups is 1. The first-order valence-electron chi connectivity index (χ1n) is 5.60. The van der Waals surface area contributed by atoms with E-state index in [-0.39, 0.29) is 11.9 Å². The summed E-state index contributed by atoms with van der Waals surface area (Å²) in [5.41, 5.74) is 7.01. The van der Waals surface area contributed by atoms with E-state index < -0.39 is 0 Å². The number of hydrogen-bond acceptors (Lipinski definition) is 3. The Morgan fingerprint density at radius 1 is 1.59 bits per heavy atom. The number of nitrogens with zero attached hydrogens (tertiary/aromatic N) is 2. The molecule has 0 fully saturated rings. The minimum absolute atomic E-state index is 0.0329. The zero-order chi connectivity index (χ0) is 12.8. The Morgan fingerprint density at radius 2 is 2.29 bits per heavy atom. The fraction of sp³-hybridized carbons (Fsp3) is 0.385. The standard InChI is InChI=1S/C13H17N3O/c1-3-11(15)8-13(17)16(2)12-6-4-5-10(7-12)9-14/h4-7,11H,3,8,15H2,1-2H3. The van der Waals surface area contributed by atoms with Crippen molar-refractivity contribution in [2.45, 2.75) is 25.8 Å². The summed E-state index contributed by atoms with van der Waals surface area (Å²) in [6.07, 6.45) is 1.10. The van der Waals surface area contributed by atoms with Gasteiger partial charge in [0.15, 0.2) is 0 Å². The summed E-state index contributed by atoms with van der Waals surface area (Å²) in [5.74, 6) is -0.0329. The summed E-state index contributed by atoms with van der Waals surface area (Å²) in [5, 5.41) is 8.79. The third-order valence-corrected chi connectivity index (χ3v) is 2.70. The molecule has 0 aromatic heterocycles. The van der Waals surface area contributed by atoms with Gasteiger partial charge in [0.25, 0.3) is 0 Å². The van der Waals surface area contributed by atoms with Gasteiger partial charge in [0, 0.05) is 25.2 Å². The van der Waals surface area contributed by atoms with E-state index in [0.717, 1.165) is 12.1 Å². The Morgan fingerprint density at radius 3 is 2.88 bits per heavy atom. The van der Waals surface area contributed by atoms with Gasteiger partial charge in [-0.2, -0.15) is 5.26 Å². The fourth-order valence-electron chi connectivity index (χ4n) is 1.43. The molecule has 17 heavy (non-hydrogen) atoms. The summed E-state index contributed by atoms with van der Waals surface area (Å²) in [7, 11) is 1.70. The molecule has 4 nitrogen and oxygen atoms in total. The molecule has 0 saturated heterocycles. The second kappa shape index (κ2) is 6.02. The molecule has 0 aliphatic heterocycles. The molecule has 1 amide bonds. The monoisotopic (exact) mass is 231 g/mol. The molecular weight excluding hydrogens is 214 g/mol. The van der Waals surface area contributed by atoms with Crippen LogP contribution in [0.25, 0.3) is 0 Å². The molecule has 1 aromatic carbocycles. The van der Waals surface area contributed by atoms with Crippen LogP contribution < -0.4 is 10.6 Å². The van der Waals surface area contributed by atoms with Gasteiger partial charge in [-0.3, -0.25) is 4.79 Å². The van der Waals surface area contributed by atoms with Crippen LogP contribution in [0.15, 0.2) is 24.3 Å². The first-order chi connectivity index (χ1) is 8.08. The van der Waals surface area contributed by atoms with Crippen molar-refractivity contribution in [1.82, 2.24) is 0 Å². The zero-order valence-corrected chi connectivity index (χ0v) is 10.2. The van der Waals surface area contributed by atoms with Crippen LogP contribution in [0.2, 0.25) is 0 Å². The Labute approximate surface area is 102 Å². The number of carbonyl (C=O) groups excluding carboxylic acids is 1. The largest absolute Gasteiger partial charge is 0.327 e. The van der Waals surface area contributed by atoms with Crippen molar-refractivity contribution < 1.29 is 4.79 Å². The first kappa shape index (κ1) is 13.2. The molecule has 0 spiro atoms. The smallest absolute Gasteiger partial charge is 0.228 e. The molecule has 0 aliphatic carbocycles. The van der Waals surface area contributed by atoms with Gasteiger partial charge in [-0.05, 0) is 24.6 Å². The van der Waals surface area contributed by atoms with Crippen molar-refractivity contribution in [3.05, 3.63) is 29.8 Å². The van der Waals surface area contributed by atoms with E-state index in [0.29, 0.717) is 12.0 Å². The van der Waals surface area contributed by atoms with Crippen LogP contribution in [0.3, 0.4) is 0 Å². The molecule has 0 heterocycles. The van der Waals surface area contributed by atoms with Crippen LogP contribution in [-0.2, 0) is 4.79 Å². The Kier molecular flexibility index (Phi) is 4.68. The van der Waals surface area contributed by atoms with Crippen LogP contribution in [0, 0.1) is 11.3 Å². The van der Waals surface area contributed by atoms with E-state index in [9.17, 15) is 4.79 Å². The summed E-state index contributed by atoms with van der Waals surface area (Å²) in [6.45, 7) is 1.95. The van der Waals surface area contributed by atoms with Crippen LogP contribution >= 0.6 is 0 Å². The third kappa shape index (κ3) is 3.58. The topological polar surface area (TPSA) is 70.1 Å². The van der Waals surface area contributed by atoms with Crippen LogP contribution in [0.4, 0.5) is 5.69 Å². The van der Waals surface area contributed by atoms with E-state index in [1.807, 2.05) is 6.92 Å². The Balaban J connectivity index is 2.78. The summed E-state index contributed by atoms with van der Waals surface area (Å²) in [4.78, 5) is 13.4. The minimum atomic E-state index is -0.107. The number of hydrogen-bond donors (Lipinski definition) is 1. The van der Waals surface area contributed by atoms with Gasteiger partial charge < -0.3 is 10.6 Å². The van der Waals surface area contributed by atoms with Gasteiger partial charge in [0.2, 0.25) is 5.91 Å². The second-order valence-electron chi connectivity index (χ2n) is 3.99. The summed E-state index contributed by atoms with van der Waals surface area (Å²) in [6, 6.07) is 8.90. The molecule has 1 rings (SSSR count). The van der Waals surface area contributed by atoms with Gasteiger partial charge in [-0.25, -0.2) is 0 Å². The van der Waals surface area contributed by atoms with Crippen LogP contribution in [0.5, 0.6) is 0 Å². The highest BCUT2D eigenvalue weighted by Gasteiger charge is 2.14. The molecule has 1 atom stereocenters. The first-order valence-corrected chi connectivity index (χ1v) is 5.60. The van der Waals surface area contributed by atoms with Gasteiger partial charge in [-0.15, -0.1) is 0 Å². The van der Waals surface area contributed by atoms with Crippen LogP contribution in [-0.4, -0.2) is 19.0 Å². The maximum Gasteiger partial charge on any atom is 0.228 e. The van der Waals surface area contributed by atoms with Gasteiger partial charge >= 0.3 is 0 Å². The normalized spacial score (nSPS) is 11.6. The van der Waals surface area contributed by atoms with Crippen molar-refractivity contribution in [1.29, 1.82) is 5.26 Å². The number of nitrogens with two attached hydrogens (primary N) is 1. The highest BCUT2D eigenvalue weighted by molar-refractivity contribution is 5.93. The molecule has 90 valence electrons. The van der Waals surface area contributed by atoms with E-state index in [1.165, 1.54) is 4.90 Å².